The van der Waals surface area contributed by atoms with Gasteiger partial charge in [0.05, 0.1) is 0 Å². The second-order valence-electron chi connectivity index (χ2n) is 6.31. The summed E-state index contributed by atoms with van der Waals surface area (Å²) in [4.78, 5) is 2.80. The van der Waals surface area contributed by atoms with E-state index in [1.54, 1.807) is 0 Å². The summed E-state index contributed by atoms with van der Waals surface area (Å²) >= 11 is 0. The molecule has 1 saturated heterocycles. The largest absolute Gasteiger partial charge is 0.312 e. The Labute approximate surface area is 114 Å². The highest BCUT2D eigenvalue weighted by Crippen LogP contribution is 2.31. The number of nitrogens with zero attached hydrogens (tertiary/aromatic N) is 1. The van der Waals surface area contributed by atoms with Crippen LogP contribution in [-0.4, -0.2) is 36.6 Å². The molecule has 2 fully saturated rings. The Bertz CT molecular complexity index is 223. The van der Waals surface area contributed by atoms with Crippen LogP contribution in [-0.2, 0) is 0 Å². The van der Waals surface area contributed by atoms with Gasteiger partial charge in [0.15, 0.2) is 0 Å². The molecule has 0 radical (unpaired) electrons. The van der Waals surface area contributed by atoms with Gasteiger partial charge >= 0.3 is 0 Å². The maximum Gasteiger partial charge on any atom is 0.0251 e. The SMILES string of the molecule is CCCNC1CCC(CC)CC1N1CCCCC1. The van der Waals surface area contributed by atoms with E-state index in [0.29, 0.717) is 0 Å². The summed E-state index contributed by atoms with van der Waals surface area (Å²) in [5, 5.41) is 3.82. The fourth-order valence-electron chi connectivity index (χ4n) is 3.82. The van der Waals surface area contributed by atoms with E-state index in [2.05, 4.69) is 24.1 Å². The molecule has 1 aliphatic carbocycles. The average Bonchev–Trinajstić information content (AvgIpc) is 2.46. The molecule has 18 heavy (non-hydrogen) atoms. The first kappa shape index (κ1) is 14.3. The van der Waals surface area contributed by atoms with Crippen LogP contribution in [0.3, 0.4) is 0 Å². The first-order valence-electron chi connectivity index (χ1n) is 8.32. The molecule has 0 aromatic rings. The topological polar surface area (TPSA) is 15.3 Å². The molecule has 1 heterocycles. The van der Waals surface area contributed by atoms with Gasteiger partial charge in [-0.15, -0.1) is 0 Å². The van der Waals surface area contributed by atoms with E-state index >= 15 is 0 Å². The van der Waals surface area contributed by atoms with Gasteiger partial charge in [-0.2, -0.15) is 0 Å². The van der Waals surface area contributed by atoms with Gasteiger partial charge in [-0.05, 0) is 64.1 Å². The van der Waals surface area contributed by atoms with Crippen molar-refractivity contribution in [1.29, 1.82) is 0 Å². The van der Waals surface area contributed by atoms with Crippen LogP contribution in [0.25, 0.3) is 0 Å². The van der Waals surface area contributed by atoms with E-state index in [4.69, 9.17) is 0 Å². The molecular weight excluding hydrogens is 220 g/mol. The van der Waals surface area contributed by atoms with Gasteiger partial charge in [0.1, 0.15) is 0 Å². The summed E-state index contributed by atoms with van der Waals surface area (Å²) in [6.45, 7) is 8.56. The number of rotatable bonds is 5. The Hall–Kier alpha value is -0.0800. The van der Waals surface area contributed by atoms with E-state index in [9.17, 15) is 0 Å². The number of nitrogens with one attached hydrogen (secondary N) is 1. The molecule has 0 aromatic heterocycles. The molecule has 2 rings (SSSR count). The summed E-state index contributed by atoms with van der Waals surface area (Å²) in [5.74, 6) is 0.983. The van der Waals surface area contributed by atoms with Gasteiger partial charge in [-0.1, -0.05) is 26.7 Å². The number of piperidine rings is 1. The third-order valence-corrected chi connectivity index (χ3v) is 5.02. The normalized spacial score (nSPS) is 34.7. The first-order chi connectivity index (χ1) is 8.85. The van der Waals surface area contributed by atoms with Crippen molar-refractivity contribution in [2.75, 3.05) is 19.6 Å². The quantitative estimate of drug-likeness (QED) is 0.806. The minimum atomic E-state index is 0.769. The van der Waals surface area contributed by atoms with Crippen molar-refractivity contribution in [1.82, 2.24) is 10.2 Å². The van der Waals surface area contributed by atoms with Crippen LogP contribution < -0.4 is 5.32 Å². The molecule has 2 aliphatic rings. The zero-order valence-electron chi connectivity index (χ0n) is 12.5. The Morgan fingerprint density at radius 2 is 1.83 bits per heavy atom. The Morgan fingerprint density at radius 1 is 1.06 bits per heavy atom. The first-order valence-corrected chi connectivity index (χ1v) is 8.32. The summed E-state index contributed by atoms with van der Waals surface area (Å²) in [7, 11) is 0. The average molecular weight is 252 g/mol. The Balaban J connectivity index is 1.93. The molecule has 1 aliphatic heterocycles. The predicted molar refractivity (Wildman–Crippen MR) is 78.9 cm³/mol. The van der Waals surface area contributed by atoms with E-state index < -0.39 is 0 Å². The fourth-order valence-corrected chi connectivity index (χ4v) is 3.82. The van der Waals surface area contributed by atoms with Crippen LogP contribution in [0.5, 0.6) is 0 Å². The molecule has 2 heteroatoms. The molecule has 3 atom stereocenters. The smallest absolute Gasteiger partial charge is 0.0251 e. The molecule has 106 valence electrons. The van der Waals surface area contributed by atoms with Crippen LogP contribution in [0.1, 0.15) is 65.2 Å². The number of likely N-dealkylation sites (tertiary alicyclic amines) is 1. The summed E-state index contributed by atoms with van der Waals surface area (Å²) in [6.07, 6.45) is 11.2. The highest BCUT2D eigenvalue weighted by molar-refractivity contribution is 4.91. The predicted octanol–water partition coefficient (Wildman–Crippen LogP) is 3.42. The zero-order chi connectivity index (χ0) is 12.8. The Kier molecular flexibility index (Phi) is 5.97. The van der Waals surface area contributed by atoms with Crippen molar-refractivity contribution >= 4 is 0 Å². The highest BCUT2D eigenvalue weighted by Gasteiger charge is 2.33. The molecule has 0 aromatic carbocycles. The lowest BCUT2D eigenvalue weighted by Crippen LogP contribution is -2.54. The van der Waals surface area contributed by atoms with Crippen molar-refractivity contribution < 1.29 is 0 Å². The molecule has 1 N–H and O–H groups in total. The van der Waals surface area contributed by atoms with Crippen molar-refractivity contribution in [2.24, 2.45) is 5.92 Å². The molecule has 0 spiro atoms. The van der Waals surface area contributed by atoms with E-state index in [1.165, 1.54) is 71.0 Å². The van der Waals surface area contributed by atoms with Crippen LogP contribution in [0.15, 0.2) is 0 Å². The number of hydrogen-bond donors (Lipinski definition) is 1. The lowest BCUT2D eigenvalue weighted by atomic mass is 9.79. The van der Waals surface area contributed by atoms with Crippen LogP contribution in [0.4, 0.5) is 0 Å². The lowest BCUT2D eigenvalue weighted by molar-refractivity contribution is 0.0790. The molecule has 0 bridgehead atoms. The monoisotopic (exact) mass is 252 g/mol. The molecule has 3 unspecified atom stereocenters. The molecule has 0 amide bonds. The van der Waals surface area contributed by atoms with Crippen molar-refractivity contribution in [2.45, 2.75) is 77.3 Å². The van der Waals surface area contributed by atoms with Gasteiger partial charge in [-0.3, -0.25) is 4.90 Å². The maximum atomic E-state index is 3.82. The summed E-state index contributed by atoms with van der Waals surface area (Å²) in [6, 6.07) is 1.60. The minimum Gasteiger partial charge on any atom is -0.312 e. The third kappa shape index (κ3) is 3.71. The van der Waals surface area contributed by atoms with Gasteiger partial charge in [0, 0.05) is 12.1 Å². The van der Waals surface area contributed by atoms with Gasteiger partial charge < -0.3 is 5.32 Å². The minimum absolute atomic E-state index is 0.769. The van der Waals surface area contributed by atoms with Crippen molar-refractivity contribution in [3.05, 3.63) is 0 Å². The fraction of sp³-hybridized carbons (Fsp3) is 1.00. The lowest BCUT2D eigenvalue weighted by Gasteiger charge is -2.44. The van der Waals surface area contributed by atoms with Crippen molar-refractivity contribution in [3.63, 3.8) is 0 Å². The zero-order valence-corrected chi connectivity index (χ0v) is 12.5. The van der Waals surface area contributed by atoms with Gasteiger partial charge in [0.25, 0.3) is 0 Å². The van der Waals surface area contributed by atoms with Crippen LogP contribution in [0, 0.1) is 5.92 Å². The highest BCUT2D eigenvalue weighted by atomic mass is 15.2. The standard InChI is InChI=1S/C16H32N2/c1-3-10-17-15-9-8-14(4-2)13-16(15)18-11-6-5-7-12-18/h14-17H,3-13H2,1-2H3. The third-order valence-electron chi connectivity index (χ3n) is 5.02. The second-order valence-corrected chi connectivity index (χ2v) is 6.31. The summed E-state index contributed by atoms with van der Waals surface area (Å²) < 4.78 is 0. The van der Waals surface area contributed by atoms with E-state index in [-0.39, 0.29) is 0 Å². The van der Waals surface area contributed by atoms with E-state index in [1.807, 2.05) is 0 Å². The van der Waals surface area contributed by atoms with E-state index in [0.717, 1.165) is 18.0 Å². The molecule has 1 saturated carbocycles. The Morgan fingerprint density at radius 3 is 2.50 bits per heavy atom. The van der Waals surface area contributed by atoms with Gasteiger partial charge in [-0.25, -0.2) is 0 Å². The van der Waals surface area contributed by atoms with Crippen molar-refractivity contribution in [3.8, 4) is 0 Å². The molecule has 2 nitrogen and oxygen atoms in total. The molecular formula is C16H32N2. The van der Waals surface area contributed by atoms with Crippen LogP contribution >= 0.6 is 0 Å². The maximum absolute atomic E-state index is 3.82. The number of hydrogen-bond acceptors (Lipinski definition) is 2. The van der Waals surface area contributed by atoms with Gasteiger partial charge in [0.2, 0.25) is 0 Å². The second kappa shape index (κ2) is 7.49. The summed E-state index contributed by atoms with van der Waals surface area (Å²) in [5.41, 5.74) is 0. The van der Waals surface area contributed by atoms with Crippen LogP contribution in [0.2, 0.25) is 0 Å².